The molecule has 9 rings (SSSR count). The Bertz CT molecular complexity index is 2120. The summed E-state index contributed by atoms with van der Waals surface area (Å²) in [5.41, 5.74) is 9.48. The first kappa shape index (κ1) is 24.0. The molecule has 5 aromatic rings. The van der Waals surface area contributed by atoms with Crippen molar-refractivity contribution in [2.75, 3.05) is 0 Å². The molecule has 3 heteroatoms. The van der Waals surface area contributed by atoms with E-state index in [1.165, 1.54) is 33.3 Å². The Labute approximate surface area is 245 Å². The van der Waals surface area contributed by atoms with E-state index in [1.807, 2.05) is 6.07 Å². The molecule has 4 aliphatic rings. The van der Waals surface area contributed by atoms with E-state index in [0.29, 0.717) is 0 Å². The van der Waals surface area contributed by atoms with E-state index < -0.39 is 7.14 Å². The largest absolute Gasteiger partial charge is 0.313 e. The molecule has 0 spiro atoms. The highest BCUT2D eigenvalue weighted by Crippen LogP contribution is 2.76. The van der Waals surface area contributed by atoms with Gasteiger partial charge in [0.05, 0.1) is 11.2 Å². The molecule has 4 atom stereocenters. The fraction of sp³-hybridized carbons (Fsp3) is 0.0769. The maximum Gasteiger partial charge on any atom is 0.148 e. The van der Waals surface area contributed by atoms with Crippen molar-refractivity contribution in [3.05, 3.63) is 174 Å². The number of benzene rings is 4. The van der Waals surface area contributed by atoms with Crippen molar-refractivity contribution < 1.29 is 4.57 Å². The standard InChI is InChI=1S/C39H28NOP/c41-42(29-18-11-15-27(25-29)26-13-3-1-4-14-26)35-24-10-8-20-31(35)36-30-19-7-9-23-34(30)40(28-16-5-2-6-17-28)38(36)32-21-12-22-33-37(32)39(33)42/h1-25,31,35,37H/t31?,35?,37-,42?/m1/s1. The lowest BCUT2D eigenvalue weighted by atomic mass is 9.85. The van der Waals surface area contributed by atoms with Gasteiger partial charge in [0.15, 0.2) is 0 Å². The zero-order valence-corrected chi connectivity index (χ0v) is 23.9. The lowest BCUT2D eigenvalue weighted by Gasteiger charge is -2.35. The Hall–Kier alpha value is -4.65. The number of hydrogen-bond acceptors (Lipinski definition) is 1. The van der Waals surface area contributed by atoms with Crippen LogP contribution in [0.1, 0.15) is 17.2 Å². The predicted molar refractivity (Wildman–Crippen MR) is 175 cm³/mol. The third kappa shape index (κ3) is 3.25. The number of para-hydroxylation sites is 2. The fourth-order valence-corrected chi connectivity index (χ4v) is 11.4. The third-order valence-electron chi connectivity index (χ3n) is 9.41. The Morgan fingerprint density at radius 2 is 1.43 bits per heavy atom. The van der Waals surface area contributed by atoms with Gasteiger partial charge in [-0.2, -0.15) is 0 Å². The van der Waals surface area contributed by atoms with Crippen molar-refractivity contribution in [3.8, 4) is 16.8 Å². The van der Waals surface area contributed by atoms with Gasteiger partial charge in [0, 0.05) is 39.2 Å². The average molecular weight is 558 g/mol. The van der Waals surface area contributed by atoms with Crippen molar-refractivity contribution in [1.29, 1.82) is 0 Å². The van der Waals surface area contributed by atoms with Crippen LogP contribution < -0.4 is 5.30 Å². The summed E-state index contributed by atoms with van der Waals surface area (Å²) >= 11 is 0. The topological polar surface area (TPSA) is 22.0 Å². The first-order valence-corrected chi connectivity index (χ1v) is 16.5. The van der Waals surface area contributed by atoms with Crippen LogP contribution in [-0.4, -0.2) is 10.2 Å². The second kappa shape index (κ2) is 8.92. The van der Waals surface area contributed by atoms with Crippen molar-refractivity contribution in [2.24, 2.45) is 5.92 Å². The molecule has 0 fully saturated rings. The minimum Gasteiger partial charge on any atom is -0.313 e. The summed E-state index contributed by atoms with van der Waals surface area (Å²) in [6.07, 6.45) is 15.4. The van der Waals surface area contributed by atoms with Gasteiger partial charge in [-0.1, -0.05) is 127 Å². The molecule has 3 aliphatic carbocycles. The Morgan fingerprint density at radius 1 is 0.690 bits per heavy atom. The molecule has 3 unspecified atom stereocenters. The van der Waals surface area contributed by atoms with Gasteiger partial charge in [-0.3, -0.25) is 0 Å². The summed E-state index contributed by atoms with van der Waals surface area (Å²) < 4.78 is 18.5. The lowest BCUT2D eigenvalue weighted by Crippen LogP contribution is -2.26. The van der Waals surface area contributed by atoms with Crippen LogP contribution in [0.3, 0.4) is 0 Å². The van der Waals surface area contributed by atoms with Crippen LogP contribution >= 0.6 is 7.14 Å². The monoisotopic (exact) mass is 557 g/mol. The summed E-state index contributed by atoms with van der Waals surface area (Å²) in [6, 6.07) is 38.4. The van der Waals surface area contributed by atoms with Gasteiger partial charge in [-0.05, 0) is 52.1 Å². The molecule has 0 radical (unpaired) electrons. The van der Waals surface area contributed by atoms with Crippen LogP contribution in [0, 0.1) is 5.92 Å². The van der Waals surface area contributed by atoms with Crippen LogP contribution in [0.4, 0.5) is 0 Å². The summed E-state index contributed by atoms with van der Waals surface area (Å²) in [4.78, 5) is 0. The Balaban J connectivity index is 1.35. The van der Waals surface area contributed by atoms with E-state index in [-0.39, 0.29) is 17.5 Å². The molecule has 2 nitrogen and oxygen atoms in total. The maximum atomic E-state index is 16.1. The summed E-state index contributed by atoms with van der Waals surface area (Å²) in [6.45, 7) is 0. The zero-order chi connectivity index (χ0) is 27.8. The molecule has 4 aromatic carbocycles. The van der Waals surface area contributed by atoms with Crippen molar-refractivity contribution in [3.63, 3.8) is 0 Å². The van der Waals surface area contributed by atoms with Gasteiger partial charge in [0.25, 0.3) is 0 Å². The second-order valence-electron chi connectivity index (χ2n) is 11.6. The number of aromatic nitrogens is 1. The van der Waals surface area contributed by atoms with E-state index in [4.69, 9.17) is 0 Å². The quantitative estimate of drug-likeness (QED) is 0.203. The smallest absolute Gasteiger partial charge is 0.148 e. The van der Waals surface area contributed by atoms with Gasteiger partial charge in [-0.15, -0.1) is 0 Å². The van der Waals surface area contributed by atoms with Gasteiger partial charge in [-0.25, -0.2) is 0 Å². The molecule has 0 saturated carbocycles. The number of nitrogens with zero attached hydrogens (tertiary/aromatic N) is 1. The zero-order valence-electron chi connectivity index (χ0n) is 23.0. The molecular weight excluding hydrogens is 529 g/mol. The first-order valence-electron chi connectivity index (χ1n) is 14.7. The van der Waals surface area contributed by atoms with Crippen LogP contribution in [0.25, 0.3) is 33.3 Å². The number of hydrogen-bond donors (Lipinski definition) is 0. The summed E-state index contributed by atoms with van der Waals surface area (Å²) in [5.74, 6) is 0.0508. The molecule has 200 valence electrons. The highest BCUT2D eigenvalue weighted by atomic mass is 31.2. The van der Waals surface area contributed by atoms with Gasteiger partial charge >= 0.3 is 0 Å². The molecule has 0 saturated heterocycles. The minimum absolute atomic E-state index is 0.0251. The normalized spacial score (nSPS) is 24.9. The van der Waals surface area contributed by atoms with Gasteiger partial charge < -0.3 is 9.13 Å². The molecule has 0 N–H and O–H groups in total. The van der Waals surface area contributed by atoms with Crippen molar-refractivity contribution in [1.82, 2.24) is 4.57 Å². The highest BCUT2D eigenvalue weighted by molar-refractivity contribution is 7.77. The maximum absolute atomic E-state index is 16.1. The van der Waals surface area contributed by atoms with E-state index >= 15 is 4.57 Å². The first-order chi connectivity index (χ1) is 20.7. The fourth-order valence-electron chi connectivity index (χ4n) is 7.61. The van der Waals surface area contributed by atoms with Crippen LogP contribution in [0.2, 0.25) is 0 Å². The average Bonchev–Trinajstić information content (AvgIpc) is 3.72. The number of rotatable bonds is 3. The Morgan fingerprint density at radius 3 is 2.29 bits per heavy atom. The number of allylic oxidation sites excluding steroid dienone is 10. The second-order valence-corrected chi connectivity index (χ2v) is 14.5. The molecule has 2 heterocycles. The van der Waals surface area contributed by atoms with Crippen LogP contribution in [-0.2, 0) is 4.57 Å². The minimum atomic E-state index is -3.06. The summed E-state index contributed by atoms with van der Waals surface area (Å²) in [7, 11) is -3.06. The van der Waals surface area contributed by atoms with Gasteiger partial charge in [0.2, 0.25) is 0 Å². The van der Waals surface area contributed by atoms with E-state index in [2.05, 4.69) is 150 Å². The molecule has 0 bridgehead atoms. The Kier molecular flexibility index (Phi) is 5.10. The lowest BCUT2D eigenvalue weighted by molar-refractivity contribution is 0.576. The van der Waals surface area contributed by atoms with Gasteiger partial charge in [0.1, 0.15) is 7.14 Å². The predicted octanol–water partition coefficient (Wildman–Crippen LogP) is 9.41. The van der Waals surface area contributed by atoms with E-state index in [1.54, 1.807) is 0 Å². The highest BCUT2D eigenvalue weighted by Gasteiger charge is 2.57. The molecule has 1 aromatic heterocycles. The van der Waals surface area contributed by atoms with Crippen molar-refractivity contribution in [2.45, 2.75) is 11.6 Å². The van der Waals surface area contributed by atoms with Crippen LogP contribution in [0.5, 0.6) is 0 Å². The third-order valence-corrected chi connectivity index (χ3v) is 13.0. The van der Waals surface area contributed by atoms with Crippen molar-refractivity contribution >= 4 is 28.9 Å². The van der Waals surface area contributed by atoms with Crippen LogP contribution in [0.15, 0.2) is 163 Å². The number of fused-ring (bicyclic) bond motifs is 6. The van der Waals surface area contributed by atoms with E-state index in [0.717, 1.165) is 27.4 Å². The molecule has 42 heavy (non-hydrogen) atoms. The molecule has 1 aliphatic heterocycles. The molecular formula is C39H28NOP. The SMILES string of the molecule is O=P1(c2cccc(-c3ccccc3)c2)C2=C3C=CC=C(c4c(c5ccccc5n4-c4ccccc4)C4C=CC=CC41)[C@H]32. The van der Waals surface area contributed by atoms with E-state index in [9.17, 15) is 0 Å². The molecule has 0 amide bonds. The summed E-state index contributed by atoms with van der Waals surface area (Å²) in [5, 5.41) is 3.33.